The first-order valence-corrected chi connectivity index (χ1v) is 7.89. The predicted octanol–water partition coefficient (Wildman–Crippen LogP) is 2.21. The molecule has 0 spiro atoms. The molecule has 0 bridgehead atoms. The van der Waals surface area contributed by atoms with E-state index in [1.165, 1.54) is 5.56 Å². The van der Waals surface area contributed by atoms with E-state index in [0.717, 1.165) is 6.54 Å². The van der Waals surface area contributed by atoms with E-state index in [2.05, 4.69) is 17.4 Å². The average Bonchev–Trinajstić information content (AvgIpc) is 2.45. The minimum Gasteiger partial charge on any atom is -0.465 e. The summed E-state index contributed by atoms with van der Waals surface area (Å²) in [6.45, 7) is 4.83. The van der Waals surface area contributed by atoms with Gasteiger partial charge in [0.25, 0.3) is 0 Å². The number of benzene rings is 1. The molecule has 0 amide bonds. The maximum atomic E-state index is 12.3. The average molecular weight is 305 g/mol. The minimum atomic E-state index is -0.642. The molecule has 0 atom stereocenters. The van der Waals surface area contributed by atoms with Crippen molar-refractivity contribution in [3.05, 3.63) is 35.9 Å². The van der Waals surface area contributed by atoms with Crippen LogP contribution >= 0.6 is 0 Å². The summed E-state index contributed by atoms with van der Waals surface area (Å²) >= 11 is 0. The minimum absolute atomic E-state index is 0.204. The van der Waals surface area contributed by atoms with Crippen molar-refractivity contribution in [2.24, 2.45) is 5.41 Å². The van der Waals surface area contributed by atoms with Crippen LogP contribution in [0.5, 0.6) is 0 Å². The van der Waals surface area contributed by atoms with E-state index in [9.17, 15) is 4.79 Å². The molecule has 0 aromatic heterocycles. The largest absolute Gasteiger partial charge is 0.465 e. The Hall–Kier alpha value is -1.43. The Balaban J connectivity index is 1.55. The standard InChI is InChI=1S/C17H23NO4/c1-3-20-15(19)17(16-21-12(2)22-16)9-14(10-17)18-11-13-7-5-4-6-8-13/h4-8,12,14,16,18H,3,9-11H2,1-2H3. The molecule has 1 heterocycles. The molecule has 120 valence electrons. The van der Waals surface area contributed by atoms with Gasteiger partial charge in [-0.15, -0.1) is 0 Å². The topological polar surface area (TPSA) is 56.8 Å². The third kappa shape index (κ3) is 2.89. The summed E-state index contributed by atoms with van der Waals surface area (Å²) in [5.41, 5.74) is 0.595. The van der Waals surface area contributed by atoms with Crippen molar-refractivity contribution in [3.8, 4) is 0 Å². The Morgan fingerprint density at radius 2 is 2.00 bits per heavy atom. The van der Waals surface area contributed by atoms with Crippen molar-refractivity contribution in [2.45, 2.75) is 51.9 Å². The van der Waals surface area contributed by atoms with Crippen LogP contribution in [-0.4, -0.2) is 31.2 Å². The summed E-state index contributed by atoms with van der Waals surface area (Å²) in [7, 11) is 0. The van der Waals surface area contributed by atoms with Gasteiger partial charge in [-0.3, -0.25) is 4.79 Å². The lowest BCUT2D eigenvalue weighted by Gasteiger charge is -2.53. The molecular weight excluding hydrogens is 282 g/mol. The zero-order valence-corrected chi connectivity index (χ0v) is 13.1. The van der Waals surface area contributed by atoms with Gasteiger partial charge in [-0.25, -0.2) is 0 Å². The van der Waals surface area contributed by atoms with Gasteiger partial charge < -0.3 is 19.5 Å². The Labute approximate surface area is 130 Å². The zero-order chi connectivity index (χ0) is 15.6. The highest BCUT2D eigenvalue weighted by atomic mass is 16.9. The number of hydrogen-bond donors (Lipinski definition) is 1. The molecule has 3 rings (SSSR count). The Bertz CT molecular complexity index is 507. The lowest BCUT2D eigenvalue weighted by atomic mass is 9.64. The zero-order valence-electron chi connectivity index (χ0n) is 13.1. The maximum absolute atomic E-state index is 12.3. The fraction of sp³-hybridized carbons (Fsp3) is 0.588. The van der Waals surface area contributed by atoms with E-state index in [4.69, 9.17) is 14.2 Å². The van der Waals surface area contributed by atoms with Gasteiger partial charge in [-0.1, -0.05) is 30.3 Å². The summed E-state index contributed by atoms with van der Waals surface area (Å²) < 4.78 is 16.4. The van der Waals surface area contributed by atoms with Crippen LogP contribution in [0.3, 0.4) is 0 Å². The van der Waals surface area contributed by atoms with Gasteiger partial charge in [0.2, 0.25) is 0 Å². The third-order valence-electron chi connectivity index (χ3n) is 4.42. The first-order valence-electron chi connectivity index (χ1n) is 7.89. The van der Waals surface area contributed by atoms with Crippen molar-refractivity contribution in [1.82, 2.24) is 5.32 Å². The summed E-state index contributed by atoms with van der Waals surface area (Å²) in [6, 6.07) is 10.5. The molecule has 1 aliphatic heterocycles. The molecule has 2 aliphatic rings. The molecule has 1 saturated heterocycles. The molecular formula is C17H23NO4. The summed E-state index contributed by atoms with van der Waals surface area (Å²) in [5.74, 6) is -0.204. The molecule has 1 N–H and O–H groups in total. The fourth-order valence-corrected chi connectivity index (χ4v) is 3.17. The lowest BCUT2D eigenvalue weighted by Crippen LogP contribution is -2.64. The third-order valence-corrected chi connectivity index (χ3v) is 4.42. The molecule has 5 nitrogen and oxygen atoms in total. The van der Waals surface area contributed by atoms with Crippen LogP contribution in [0.1, 0.15) is 32.3 Å². The lowest BCUT2D eigenvalue weighted by molar-refractivity contribution is -0.415. The normalized spacial score (nSPS) is 33.6. The summed E-state index contributed by atoms with van der Waals surface area (Å²) in [6.07, 6.45) is 0.690. The van der Waals surface area contributed by atoms with Crippen molar-refractivity contribution in [3.63, 3.8) is 0 Å². The van der Waals surface area contributed by atoms with Gasteiger partial charge in [0.15, 0.2) is 12.6 Å². The first kappa shape index (κ1) is 15.5. The van der Waals surface area contributed by atoms with Gasteiger partial charge in [-0.05, 0) is 32.3 Å². The second kappa shape index (κ2) is 6.36. The van der Waals surface area contributed by atoms with Gasteiger partial charge >= 0.3 is 5.97 Å². The molecule has 0 radical (unpaired) electrons. The van der Waals surface area contributed by atoms with Crippen LogP contribution in [0.15, 0.2) is 30.3 Å². The van der Waals surface area contributed by atoms with Crippen LogP contribution in [0.25, 0.3) is 0 Å². The summed E-state index contributed by atoms with van der Waals surface area (Å²) in [4.78, 5) is 12.3. The summed E-state index contributed by atoms with van der Waals surface area (Å²) in [5, 5.41) is 3.48. The van der Waals surface area contributed by atoms with E-state index in [1.54, 1.807) is 0 Å². The molecule has 1 aromatic carbocycles. The smallest absolute Gasteiger partial charge is 0.317 e. The predicted molar refractivity (Wildman–Crippen MR) is 80.8 cm³/mol. The monoisotopic (exact) mass is 305 g/mol. The van der Waals surface area contributed by atoms with E-state index >= 15 is 0 Å². The van der Waals surface area contributed by atoms with Crippen LogP contribution < -0.4 is 5.32 Å². The van der Waals surface area contributed by atoms with Crippen LogP contribution in [0.2, 0.25) is 0 Å². The highest BCUT2D eigenvalue weighted by molar-refractivity contribution is 5.79. The van der Waals surface area contributed by atoms with E-state index in [-0.39, 0.29) is 18.3 Å². The van der Waals surface area contributed by atoms with E-state index in [0.29, 0.717) is 19.4 Å². The van der Waals surface area contributed by atoms with Crippen molar-refractivity contribution < 1.29 is 19.0 Å². The van der Waals surface area contributed by atoms with Crippen LogP contribution in [0.4, 0.5) is 0 Å². The van der Waals surface area contributed by atoms with Crippen LogP contribution in [0, 0.1) is 5.41 Å². The first-order chi connectivity index (χ1) is 10.6. The number of hydrogen-bond acceptors (Lipinski definition) is 5. The maximum Gasteiger partial charge on any atom is 0.317 e. The molecule has 1 saturated carbocycles. The Kier molecular flexibility index (Phi) is 4.47. The molecule has 22 heavy (non-hydrogen) atoms. The molecule has 2 fully saturated rings. The number of nitrogens with one attached hydrogen (secondary N) is 1. The van der Waals surface area contributed by atoms with Gasteiger partial charge in [0, 0.05) is 12.6 Å². The SMILES string of the molecule is CCOC(=O)C1(C2OC(C)O2)CC(NCc2ccccc2)C1. The highest BCUT2D eigenvalue weighted by Gasteiger charge is 2.61. The fourth-order valence-electron chi connectivity index (χ4n) is 3.17. The second-order valence-electron chi connectivity index (χ2n) is 6.02. The van der Waals surface area contributed by atoms with Crippen LogP contribution in [-0.2, 0) is 25.5 Å². The number of carbonyl (C=O) groups is 1. The number of rotatable bonds is 6. The number of esters is 1. The van der Waals surface area contributed by atoms with E-state index in [1.807, 2.05) is 32.0 Å². The van der Waals surface area contributed by atoms with Gasteiger partial charge in [0.05, 0.1) is 6.61 Å². The molecule has 0 unspecified atom stereocenters. The second-order valence-corrected chi connectivity index (χ2v) is 6.02. The van der Waals surface area contributed by atoms with E-state index < -0.39 is 11.7 Å². The molecule has 5 heteroatoms. The molecule has 1 aliphatic carbocycles. The highest BCUT2D eigenvalue weighted by Crippen LogP contribution is 2.50. The Morgan fingerprint density at radius 3 is 2.59 bits per heavy atom. The van der Waals surface area contributed by atoms with Gasteiger partial charge in [-0.2, -0.15) is 0 Å². The number of carbonyl (C=O) groups excluding carboxylic acids is 1. The number of ether oxygens (including phenoxy) is 3. The van der Waals surface area contributed by atoms with Crippen molar-refractivity contribution in [1.29, 1.82) is 0 Å². The van der Waals surface area contributed by atoms with Gasteiger partial charge in [0.1, 0.15) is 5.41 Å². The quantitative estimate of drug-likeness (QED) is 0.817. The van der Waals surface area contributed by atoms with Crippen molar-refractivity contribution >= 4 is 5.97 Å². The molecule has 1 aromatic rings. The Morgan fingerprint density at radius 1 is 1.32 bits per heavy atom. The van der Waals surface area contributed by atoms with Crippen molar-refractivity contribution in [2.75, 3.05) is 6.61 Å².